The normalized spacial score (nSPS) is 12.4. The molecule has 0 radical (unpaired) electrons. The first kappa shape index (κ1) is 55.9. The van der Waals surface area contributed by atoms with E-state index in [2.05, 4.69) is 82.3 Å². The van der Waals surface area contributed by atoms with E-state index in [0.29, 0.717) is 70.1 Å². The van der Waals surface area contributed by atoms with E-state index in [4.69, 9.17) is 11.5 Å². The van der Waals surface area contributed by atoms with Gasteiger partial charge in [-0.25, -0.2) is 4.79 Å². The summed E-state index contributed by atoms with van der Waals surface area (Å²) in [5.74, 6) is -2.17. The first-order valence-electron chi connectivity index (χ1n) is 23.7. The van der Waals surface area contributed by atoms with E-state index in [1.54, 1.807) is 19.1 Å². The van der Waals surface area contributed by atoms with Gasteiger partial charge in [-0.1, -0.05) is 73.7 Å². The smallest absolute Gasteiger partial charge is 0.321 e. The SMILES string of the molecule is CCC(=O)NCCNC(=O)NC(N)=NCCC[C@@H](NC(=O)C(c1ccccc1)c1ccc(NCCCNC(=O)[C@@H](CCCN)NC(=O)CCCc2ccc(I)cc2)cc1)C(=O)NCc1ccc(O)cc1. The van der Waals surface area contributed by atoms with Crippen molar-refractivity contribution >= 4 is 69.8 Å². The summed E-state index contributed by atoms with van der Waals surface area (Å²) >= 11 is 2.26. The molecule has 0 spiro atoms. The maximum absolute atomic E-state index is 14.3. The highest BCUT2D eigenvalue weighted by atomic mass is 127. The molecule has 376 valence electrons. The highest BCUT2D eigenvalue weighted by molar-refractivity contribution is 14.1. The molecule has 7 amide bonds. The molecular formula is C51H68IN11O7. The quantitative estimate of drug-likeness (QED) is 0.0161. The Labute approximate surface area is 423 Å². The summed E-state index contributed by atoms with van der Waals surface area (Å²) in [6, 6.07) is 29.1. The van der Waals surface area contributed by atoms with E-state index in [1.807, 2.05) is 66.7 Å². The van der Waals surface area contributed by atoms with Gasteiger partial charge in [0.15, 0.2) is 5.96 Å². The monoisotopic (exact) mass is 1070 g/mol. The second kappa shape index (κ2) is 31.4. The predicted octanol–water partition coefficient (Wildman–Crippen LogP) is 4.02. The Kier molecular flexibility index (Phi) is 25.1. The number of aromatic hydroxyl groups is 1. The van der Waals surface area contributed by atoms with Crippen LogP contribution in [0.2, 0.25) is 0 Å². The number of aliphatic imine (C=N–C) groups is 1. The van der Waals surface area contributed by atoms with Crippen molar-refractivity contribution in [1.29, 1.82) is 0 Å². The van der Waals surface area contributed by atoms with Crippen molar-refractivity contribution < 1.29 is 33.9 Å². The van der Waals surface area contributed by atoms with E-state index in [0.717, 1.165) is 32.4 Å². The Bertz CT molecular complexity index is 2280. The fourth-order valence-corrected chi connectivity index (χ4v) is 7.56. The number of nitrogens with two attached hydrogens (primary N) is 2. The van der Waals surface area contributed by atoms with Crippen molar-refractivity contribution in [2.75, 3.05) is 44.6 Å². The number of phenols is 1. The predicted molar refractivity (Wildman–Crippen MR) is 281 cm³/mol. The van der Waals surface area contributed by atoms with E-state index >= 15 is 0 Å². The summed E-state index contributed by atoms with van der Waals surface area (Å²) in [7, 11) is 0. The highest BCUT2D eigenvalue weighted by Crippen LogP contribution is 2.27. The first-order chi connectivity index (χ1) is 33.8. The van der Waals surface area contributed by atoms with Crippen LogP contribution in [0, 0.1) is 3.57 Å². The number of nitrogens with one attached hydrogen (secondary N) is 8. The van der Waals surface area contributed by atoms with Gasteiger partial charge in [-0.2, -0.15) is 0 Å². The maximum atomic E-state index is 14.3. The van der Waals surface area contributed by atoms with Crippen LogP contribution in [0.4, 0.5) is 10.5 Å². The Morgan fingerprint density at radius 3 is 1.99 bits per heavy atom. The van der Waals surface area contributed by atoms with Crippen LogP contribution in [0.15, 0.2) is 108 Å². The zero-order valence-electron chi connectivity index (χ0n) is 39.7. The van der Waals surface area contributed by atoms with Crippen LogP contribution >= 0.6 is 22.6 Å². The summed E-state index contributed by atoms with van der Waals surface area (Å²) in [5, 5.41) is 32.5. The van der Waals surface area contributed by atoms with E-state index in [9.17, 15) is 33.9 Å². The molecule has 0 aromatic heterocycles. The molecule has 4 aromatic carbocycles. The van der Waals surface area contributed by atoms with Gasteiger partial charge in [0.05, 0.1) is 5.92 Å². The van der Waals surface area contributed by atoms with E-state index < -0.39 is 35.8 Å². The Morgan fingerprint density at radius 1 is 0.643 bits per heavy atom. The number of halogens is 1. The Hall–Kier alpha value is -6.74. The van der Waals surface area contributed by atoms with Gasteiger partial charge < -0.3 is 53.8 Å². The number of urea groups is 1. The molecule has 18 nitrogen and oxygen atoms in total. The summed E-state index contributed by atoms with van der Waals surface area (Å²) < 4.78 is 1.16. The molecule has 0 bridgehead atoms. The summed E-state index contributed by atoms with van der Waals surface area (Å²) in [6.07, 6.45) is 4.28. The van der Waals surface area contributed by atoms with Crippen LogP contribution in [-0.4, -0.2) is 98.0 Å². The van der Waals surface area contributed by atoms with Crippen molar-refractivity contribution in [3.63, 3.8) is 0 Å². The number of carbonyl (C=O) groups excluding carboxylic acids is 6. The molecule has 1 unspecified atom stereocenters. The van der Waals surface area contributed by atoms with Gasteiger partial charge in [0.2, 0.25) is 29.5 Å². The van der Waals surface area contributed by atoms with Crippen LogP contribution in [-0.2, 0) is 36.9 Å². The van der Waals surface area contributed by atoms with Gasteiger partial charge in [0.1, 0.15) is 17.8 Å². The second-order valence-electron chi connectivity index (χ2n) is 16.5. The highest BCUT2D eigenvalue weighted by Gasteiger charge is 2.28. The van der Waals surface area contributed by atoms with Crippen molar-refractivity contribution in [3.05, 3.63) is 129 Å². The molecule has 19 heteroatoms. The molecular weight excluding hydrogens is 1010 g/mol. The lowest BCUT2D eigenvalue weighted by Gasteiger charge is -2.23. The van der Waals surface area contributed by atoms with Gasteiger partial charge in [-0.05, 0) is 133 Å². The number of hydrogen-bond donors (Lipinski definition) is 11. The average Bonchev–Trinajstić information content (AvgIpc) is 3.36. The number of carbonyl (C=O) groups is 6. The average molecular weight is 1070 g/mol. The van der Waals surface area contributed by atoms with E-state index in [-0.39, 0.29) is 62.0 Å². The maximum Gasteiger partial charge on any atom is 0.321 e. The fourth-order valence-electron chi connectivity index (χ4n) is 7.20. The van der Waals surface area contributed by atoms with Crippen LogP contribution in [0.3, 0.4) is 0 Å². The number of nitrogens with zero attached hydrogens (tertiary/aromatic N) is 1. The van der Waals surface area contributed by atoms with Crippen LogP contribution < -0.4 is 54.0 Å². The van der Waals surface area contributed by atoms with Crippen LogP contribution in [0.5, 0.6) is 5.75 Å². The van der Waals surface area contributed by atoms with Crippen molar-refractivity contribution in [1.82, 2.24) is 37.2 Å². The minimum atomic E-state index is -0.968. The van der Waals surface area contributed by atoms with Crippen molar-refractivity contribution in [2.24, 2.45) is 16.5 Å². The molecule has 70 heavy (non-hydrogen) atoms. The molecule has 0 heterocycles. The molecule has 0 aliphatic rings. The van der Waals surface area contributed by atoms with Crippen LogP contribution in [0.25, 0.3) is 0 Å². The number of guanidine groups is 1. The second-order valence-corrected chi connectivity index (χ2v) is 17.8. The molecule has 0 aliphatic heterocycles. The third-order valence-electron chi connectivity index (χ3n) is 11.0. The number of aryl methyl sites for hydroxylation is 1. The Balaban J connectivity index is 1.32. The molecule has 0 saturated carbocycles. The molecule has 3 atom stereocenters. The van der Waals surface area contributed by atoms with Gasteiger partial charge in [0, 0.05) is 61.4 Å². The van der Waals surface area contributed by atoms with Gasteiger partial charge in [-0.3, -0.25) is 34.3 Å². The molecule has 4 aromatic rings. The molecule has 0 aliphatic carbocycles. The minimum absolute atomic E-state index is 0.0941. The number of benzene rings is 4. The molecule has 13 N–H and O–H groups in total. The number of amides is 7. The lowest BCUT2D eigenvalue weighted by molar-refractivity contribution is -0.129. The van der Waals surface area contributed by atoms with E-state index in [1.165, 1.54) is 12.1 Å². The van der Waals surface area contributed by atoms with Crippen LogP contribution in [0.1, 0.15) is 86.5 Å². The molecule has 0 fully saturated rings. The van der Waals surface area contributed by atoms with Gasteiger partial charge >= 0.3 is 6.03 Å². The third kappa shape index (κ3) is 21.3. The summed E-state index contributed by atoms with van der Waals surface area (Å²) in [4.78, 5) is 81.8. The van der Waals surface area contributed by atoms with Crippen molar-refractivity contribution in [2.45, 2.75) is 89.3 Å². The minimum Gasteiger partial charge on any atom is -0.508 e. The standard InChI is InChI=1S/C51H68IN11O7/c1-2-44(65)56-32-33-59-51(70)63-50(54)58-29-8-14-43(48(68)60-34-36-18-26-41(64)27-19-36)62-49(69)46(37-11-4-3-5-12-37)38-20-24-40(25-21-38)55-30-9-31-57-47(67)42(13-7-28-53)61-45(66)15-6-10-35-16-22-39(52)23-17-35/h3-5,11-12,16-27,42-43,46,55,64H,2,6-10,13-15,28-34,53H2,1H3,(H,56,65)(H,57,67)(H,60,68)(H,61,66)(H,62,69)(H4,54,58,59,63,70)/t42-,43-,46?/m1/s1. The van der Waals surface area contributed by atoms with Gasteiger partial charge in [0.25, 0.3) is 0 Å². The number of rotatable bonds is 29. The summed E-state index contributed by atoms with van der Waals surface area (Å²) in [6.45, 7) is 3.82. The first-order valence-corrected chi connectivity index (χ1v) is 24.8. The third-order valence-corrected chi connectivity index (χ3v) is 11.7. The topological polar surface area (TPSA) is 283 Å². The molecule has 0 saturated heterocycles. The zero-order valence-corrected chi connectivity index (χ0v) is 41.9. The molecule has 4 rings (SSSR count). The fraction of sp³-hybridized carbons (Fsp3) is 0.392. The number of anilines is 1. The zero-order chi connectivity index (χ0) is 50.5. The Morgan fingerprint density at radius 2 is 1.29 bits per heavy atom. The van der Waals surface area contributed by atoms with Gasteiger partial charge in [-0.15, -0.1) is 0 Å². The number of hydrogen-bond acceptors (Lipinski definition) is 10. The summed E-state index contributed by atoms with van der Waals surface area (Å²) in [5.41, 5.74) is 15.8. The largest absolute Gasteiger partial charge is 0.508 e. The lowest BCUT2D eigenvalue weighted by atomic mass is 9.90. The number of phenolic OH excluding ortho intramolecular Hbond substituents is 1. The lowest BCUT2D eigenvalue weighted by Crippen LogP contribution is -2.48. The van der Waals surface area contributed by atoms with Crippen molar-refractivity contribution in [3.8, 4) is 5.75 Å².